The van der Waals surface area contributed by atoms with Crippen molar-refractivity contribution in [2.45, 2.75) is 11.3 Å². The van der Waals surface area contributed by atoms with Crippen LogP contribution in [0.4, 0.5) is 0 Å². The number of hydrogen-bond acceptors (Lipinski definition) is 4. The molecule has 1 N–H and O–H groups in total. The molecule has 0 aromatic heterocycles. The van der Waals surface area contributed by atoms with E-state index in [1.54, 1.807) is 0 Å². The van der Waals surface area contributed by atoms with E-state index in [0.29, 0.717) is 0 Å². The van der Waals surface area contributed by atoms with E-state index in [1.807, 2.05) is 0 Å². The molecule has 50 valence electrons. The molecule has 8 heavy (non-hydrogen) atoms. The molecule has 0 bridgehead atoms. The number of aliphatic hydroxyl groups excluding tert-OH is 1. The summed E-state index contributed by atoms with van der Waals surface area (Å²) in [6, 6.07) is 0. The van der Waals surface area contributed by atoms with Gasteiger partial charge in [0.1, 0.15) is 0 Å². The molecule has 0 aromatic rings. The molecule has 4 nitrogen and oxygen atoms in total. The molecular formula is C3H7O4Re. The van der Waals surface area contributed by atoms with Crippen LogP contribution in [0.25, 0.3) is 0 Å². The van der Waals surface area contributed by atoms with Gasteiger partial charge in [-0.05, 0) is 0 Å². The van der Waals surface area contributed by atoms with Gasteiger partial charge in [-0.15, -0.1) is 0 Å². The fraction of sp³-hybridized carbons (Fsp3) is 1.00. The van der Waals surface area contributed by atoms with E-state index < -0.39 is 26.4 Å². The van der Waals surface area contributed by atoms with E-state index in [4.69, 9.17) is 5.11 Å². The van der Waals surface area contributed by atoms with E-state index in [2.05, 4.69) is 0 Å². The molecule has 0 aliphatic carbocycles. The Balaban J connectivity index is 4.29. The average molecular weight is 293 g/mol. The normalized spacial score (nSPS) is 15.8. The van der Waals surface area contributed by atoms with Gasteiger partial charge in [0, 0.05) is 0 Å². The van der Waals surface area contributed by atoms with Gasteiger partial charge in [-0.2, -0.15) is 0 Å². The van der Waals surface area contributed by atoms with Gasteiger partial charge < -0.3 is 0 Å². The molecule has 0 saturated carbocycles. The topological polar surface area (TPSA) is 71.4 Å². The van der Waals surface area contributed by atoms with Crippen LogP contribution in [0.5, 0.6) is 0 Å². The first-order chi connectivity index (χ1) is 3.48. The van der Waals surface area contributed by atoms with Crippen LogP contribution in [-0.4, -0.2) is 11.7 Å². The van der Waals surface area contributed by atoms with E-state index in [0.717, 1.165) is 0 Å². The molecule has 0 aliphatic rings. The molecule has 0 spiro atoms. The van der Waals surface area contributed by atoms with E-state index >= 15 is 0 Å². The second-order valence-corrected chi connectivity index (χ2v) is 7.37. The van der Waals surface area contributed by atoms with Crippen molar-refractivity contribution in [3.05, 3.63) is 0 Å². The van der Waals surface area contributed by atoms with Crippen molar-refractivity contribution in [2.75, 3.05) is 6.61 Å². The Bertz CT molecular complexity index is 180. The van der Waals surface area contributed by atoms with E-state index in [-0.39, 0.29) is 0 Å². The molecule has 0 aliphatic heterocycles. The Kier molecular flexibility index (Phi) is 2.54. The van der Waals surface area contributed by atoms with Crippen molar-refractivity contribution in [3.63, 3.8) is 0 Å². The fourth-order valence-corrected chi connectivity index (χ4v) is 0.692. The second kappa shape index (κ2) is 2.54. The third kappa shape index (κ3) is 2.36. The van der Waals surface area contributed by atoms with Gasteiger partial charge in [0.15, 0.2) is 0 Å². The summed E-state index contributed by atoms with van der Waals surface area (Å²) in [6.07, 6.45) is 0. The van der Waals surface area contributed by atoms with Crippen LogP contribution in [0.2, 0.25) is 4.39 Å². The van der Waals surface area contributed by atoms with E-state index in [1.165, 1.54) is 6.92 Å². The second-order valence-electron chi connectivity index (χ2n) is 1.42. The molecule has 0 amide bonds. The van der Waals surface area contributed by atoms with Crippen LogP contribution in [0.1, 0.15) is 6.92 Å². The zero-order valence-corrected chi connectivity index (χ0v) is 7.05. The predicted octanol–water partition coefficient (Wildman–Crippen LogP) is -0.0225. The third-order valence-corrected chi connectivity index (χ3v) is 4.48. The van der Waals surface area contributed by atoms with Crippen molar-refractivity contribution >= 4 is 0 Å². The van der Waals surface area contributed by atoms with Crippen molar-refractivity contribution in [1.82, 2.24) is 0 Å². The van der Waals surface area contributed by atoms with Crippen LogP contribution < -0.4 is 0 Å². The minimum atomic E-state index is -5.33. The van der Waals surface area contributed by atoms with E-state index in [9.17, 15) is 10.4 Å². The fourth-order valence-electron chi connectivity index (χ4n) is 0.0845. The van der Waals surface area contributed by atoms with Gasteiger partial charge in [-0.1, -0.05) is 0 Å². The Hall–Kier alpha value is 0.0223. The SMILES string of the molecule is C[CH](CO)[Re](=[O])(=[O])=[O]. The Morgan fingerprint density at radius 3 is 1.88 bits per heavy atom. The molecular weight excluding hydrogens is 286 g/mol. The zero-order chi connectivity index (χ0) is 6.78. The van der Waals surface area contributed by atoms with Gasteiger partial charge in [0.2, 0.25) is 0 Å². The van der Waals surface area contributed by atoms with Crippen molar-refractivity contribution in [3.8, 4) is 0 Å². The van der Waals surface area contributed by atoms with Gasteiger partial charge in [0.25, 0.3) is 0 Å². The van der Waals surface area contributed by atoms with Crippen LogP contribution >= 0.6 is 0 Å². The first-order valence-electron chi connectivity index (χ1n) is 1.98. The summed E-state index contributed by atoms with van der Waals surface area (Å²) in [5.74, 6) is 0. The van der Waals surface area contributed by atoms with Crippen LogP contribution in [0, 0.1) is 0 Å². The molecule has 0 fully saturated rings. The Labute approximate surface area is 49.4 Å². The molecule has 0 radical (unpaired) electrons. The summed E-state index contributed by atoms with van der Waals surface area (Å²) in [5, 5.41) is 8.12. The summed E-state index contributed by atoms with van der Waals surface area (Å²) in [7, 11) is 0. The number of aliphatic hydroxyl groups is 1. The molecule has 5 heteroatoms. The summed E-state index contributed by atoms with van der Waals surface area (Å²) < 4.78 is 28.8. The van der Waals surface area contributed by atoms with Crippen LogP contribution in [0.3, 0.4) is 0 Å². The average Bonchev–Trinajstić information content (AvgIpc) is 1.62. The van der Waals surface area contributed by atoms with Crippen LogP contribution in [-0.2, 0) is 25.8 Å². The third-order valence-electron chi connectivity index (χ3n) is 0.708. The number of rotatable bonds is 2. The predicted molar refractivity (Wildman–Crippen MR) is 18.6 cm³/mol. The monoisotopic (exact) mass is 294 g/mol. The molecule has 0 heterocycles. The Morgan fingerprint density at radius 1 is 1.50 bits per heavy atom. The summed E-state index contributed by atoms with van der Waals surface area (Å²) >= 11 is -5.33. The molecule has 0 aromatic carbocycles. The standard InChI is InChI=1S/C3H7O.3O.Re/c1-2-3-4;;;;/h2,4H,3H2,1H3;;;;. The minimum absolute atomic E-state index is 0.553. The summed E-state index contributed by atoms with van der Waals surface area (Å²) in [4.78, 5) is 0. The van der Waals surface area contributed by atoms with Crippen molar-refractivity contribution in [1.29, 1.82) is 0 Å². The molecule has 1 atom stereocenters. The zero-order valence-electron chi connectivity index (χ0n) is 4.33. The number of hydrogen-bond donors (Lipinski definition) is 1. The van der Waals surface area contributed by atoms with Gasteiger partial charge in [0.05, 0.1) is 0 Å². The van der Waals surface area contributed by atoms with Crippen molar-refractivity contribution in [2.24, 2.45) is 0 Å². The van der Waals surface area contributed by atoms with Crippen molar-refractivity contribution < 1.29 is 30.9 Å². The first-order valence-corrected chi connectivity index (χ1v) is 6.88. The maximum absolute atomic E-state index is 9.96. The summed E-state index contributed by atoms with van der Waals surface area (Å²) in [5.41, 5.74) is 0. The first kappa shape index (κ1) is 8.02. The molecule has 0 saturated heterocycles. The Morgan fingerprint density at radius 2 is 1.88 bits per heavy atom. The van der Waals surface area contributed by atoms with Gasteiger partial charge in [-0.3, -0.25) is 0 Å². The quantitative estimate of drug-likeness (QED) is 0.776. The summed E-state index contributed by atoms with van der Waals surface area (Å²) in [6.45, 7) is 0.655. The molecule has 0 rings (SSSR count). The maximum atomic E-state index is 9.96. The van der Waals surface area contributed by atoms with Crippen LogP contribution in [0.15, 0.2) is 0 Å². The molecule has 1 unspecified atom stereocenters. The van der Waals surface area contributed by atoms with Gasteiger partial charge >= 0.3 is 48.8 Å². The van der Waals surface area contributed by atoms with Gasteiger partial charge in [-0.25, -0.2) is 0 Å².